The van der Waals surface area contributed by atoms with Crippen molar-refractivity contribution < 1.29 is 9.59 Å². The van der Waals surface area contributed by atoms with Gasteiger partial charge in [0.05, 0.1) is 34.0 Å². The number of nitrogens with zero attached hydrogens (tertiary/aromatic N) is 1. The summed E-state index contributed by atoms with van der Waals surface area (Å²) in [7, 11) is 0. The van der Waals surface area contributed by atoms with Crippen molar-refractivity contribution in [2.24, 2.45) is 5.41 Å². The third kappa shape index (κ3) is 5.57. The van der Waals surface area contributed by atoms with E-state index in [1.165, 1.54) is 4.88 Å². The molecule has 5 rings (SSSR count). The zero-order valence-corrected chi connectivity index (χ0v) is 23.1. The number of fused-ring (bicyclic) bond motifs is 1. The summed E-state index contributed by atoms with van der Waals surface area (Å²) < 4.78 is 0. The van der Waals surface area contributed by atoms with E-state index in [4.69, 9.17) is 23.2 Å². The van der Waals surface area contributed by atoms with Crippen molar-refractivity contribution in [1.82, 2.24) is 5.32 Å². The lowest BCUT2D eigenvalue weighted by Crippen LogP contribution is -2.42. The molecule has 1 amide bonds. The van der Waals surface area contributed by atoms with Crippen LogP contribution in [0.4, 0.5) is 11.4 Å². The largest absolute Gasteiger partial charge is 0.357 e. The molecular weight excluding hydrogens is 525 g/mol. The van der Waals surface area contributed by atoms with Crippen molar-refractivity contribution in [1.29, 1.82) is 0 Å². The van der Waals surface area contributed by atoms with Gasteiger partial charge in [-0.05, 0) is 59.5 Å². The van der Waals surface area contributed by atoms with E-state index in [0.717, 1.165) is 35.5 Å². The van der Waals surface area contributed by atoms with Gasteiger partial charge < -0.3 is 15.5 Å². The van der Waals surface area contributed by atoms with Crippen LogP contribution in [0.1, 0.15) is 43.2 Å². The zero-order valence-electron chi connectivity index (χ0n) is 20.8. The fourth-order valence-electron chi connectivity index (χ4n) is 5.25. The molecule has 5 nitrogen and oxygen atoms in total. The molecule has 1 aliphatic carbocycles. The highest BCUT2D eigenvalue weighted by Gasteiger charge is 2.42. The van der Waals surface area contributed by atoms with Crippen molar-refractivity contribution in [3.8, 4) is 0 Å². The fourth-order valence-corrected chi connectivity index (χ4v) is 6.26. The minimum absolute atomic E-state index is 0.0748. The van der Waals surface area contributed by atoms with Crippen molar-refractivity contribution in [3.05, 3.63) is 91.7 Å². The molecule has 2 N–H and O–H groups in total. The molecule has 0 saturated carbocycles. The maximum absolute atomic E-state index is 13.7. The Morgan fingerprint density at radius 3 is 2.68 bits per heavy atom. The first-order valence-corrected chi connectivity index (χ1v) is 14.0. The van der Waals surface area contributed by atoms with Crippen LogP contribution in [-0.2, 0) is 16.0 Å². The van der Waals surface area contributed by atoms with Gasteiger partial charge in [-0.3, -0.25) is 9.59 Å². The molecule has 1 aliphatic heterocycles. The minimum atomic E-state index is -0.493. The summed E-state index contributed by atoms with van der Waals surface area (Å²) in [6.07, 6.45) is 1.93. The maximum Gasteiger partial charge on any atom is 0.239 e. The molecule has 37 heavy (non-hydrogen) atoms. The van der Waals surface area contributed by atoms with Gasteiger partial charge in [-0.25, -0.2) is 0 Å². The van der Waals surface area contributed by atoms with Crippen LogP contribution in [0, 0.1) is 5.41 Å². The van der Waals surface area contributed by atoms with Gasteiger partial charge >= 0.3 is 0 Å². The van der Waals surface area contributed by atoms with Crippen LogP contribution in [0.5, 0.6) is 0 Å². The van der Waals surface area contributed by atoms with Crippen LogP contribution in [-0.4, -0.2) is 24.8 Å². The Kier molecular flexibility index (Phi) is 7.35. The predicted molar refractivity (Wildman–Crippen MR) is 153 cm³/mol. The molecule has 1 aromatic heterocycles. The van der Waals surface area contributed by atoms with Gasteiger partial charge in [0.2, 0.25) is 5.91 Å². The van der Waals surface area contributed by atoms with Crippen molar-refractivity contribution >= 4 is 57.6 Å². The Morgan fingerprint density at radius 1 is 1.11 bits per heavy atom. The quantitative estimate of drug-likeness (QED) is 0.344. The topological polar surface area (TPSA) is 61.4 Å². The Balaban J connectivity index is 1.56. The fraction of sp³-hybridized carbons (Fsp3) is 0.310. The summed E-state index contributed by atoms with van der Waals surface area (Å²) in [5, 5.41) is 9.53. The number of Topliss-reactive ketones (excluding diaryl/α,β-unsaturated/α-hetero) is 1. The number of thiophene rings is 1. The van der Waals surface area contributed by atoms with Crippen LogP contribution >= 0.6 is 34.5 Å². The number of anilines is 2. The number of rotatable bonds is 6. The number of hydrogen-bond acceptors (Lipinski definition) is 5. The molecule has 2 heterocycles. The van der Waals surface area contributed by atoms with Gasteiger partial charge in [-0.15, -0.1) is 11.3 Å². The van der Waals surface area contributed by atoms with Gasteiger partial charge in [0.15, 0.2) is 5.78 Å². The maximum atomic E-state index is 13.7. The van der Waals surface area contributed by atoms with E-state index in [2.05, 4.69) is 30.5 Å². The number of halogens is 2. The van der Waals surface area contributed by atoms with Crippen LogP contribution in [0.15, 0.2) is 71.2 Å². The van der Waals surface area contributed by atoms with E-state index in [-0.39, 0.29) is 23.7 Å². The normalized spacial score (nSPS) is 18.5. The number of ketones is 1. The summed E-state index contributed by atoms with van der Waals surface area (Å²) in [5.74, 6) is -0.0326. The number of carbonyl (C=O) groups excluding carboxylic acids is 2. The second-order valence-corrected chi connectivity index (χ2v) is 12.2. The number of carbonyl (C=O) groups is 2. The first-order valence-electron chi connectivity index (χ1n) is 12.3. The van der Waals surface area contributed by atoms with E-state index in [9.17, 15) is 9.59 Å². The first kappa shape index (κ1) is 25.8. The molecule has 0 bridgehead atoms. The van der Waals surface area contributed by atoms with Crippen LogP contribution in [0.25, 0.3) is 0 Å². The van der Waals surface area contributed by atoms with Crippen molar-refractivity contribution in [2.75, 3.05) is 23.3 Å². The van der Waals surface area contributed by atoms with E-state index >= 15 is 0 Å². The number of hydrogen-bond donors (Lipinski definition) is 2. The highest BCUT2D eigenvalue weighted by atomic mass is 35.5. The number of para-hydroxylation sites is 2. The van der Waals surface area contributed by atoms with Crippen molar-refractivity contribution in [3.63, 3.8) is 0 Å². The molecule has 0 radical (unpaired) electrons. The van der Waals surface area contributed by atoms with Gasteiger partial charge in [-0.2, -0.15) is 0 Å². The molecule has 3 aromatic rings. The van der Waals surface area contributed by atoms with Gasteiger partial charge in [-0.1, -0.05) is 61.3 Å². The standard InChI is InChI=1S/C29H29Cl2N3O2S/c1-29(2)15-23-27(25(35)16-29)28(18-9-10-20(30)21(31)14-18)34(24-8-4-3-7-22(24)33-23)17-26(36)32-12-11-19-6-5-13-37-19/h3-10,13-14,28,33H,11-12,15-17H2,1-2H3,(H,32,36). The van der Waals surface area contributed by atoms with E-state index in [1.54, 1.807) is 17.4 Å². The summed E-state index contributed by atoms with van der Waals surface area (Å²) in [6.45, 7) is 4.85. The lowest BCUT2D eigenvalue weighted by atomic mass is 9.73. The Labute approximate surface area is 231 Å². The Morgan fingerprint density at radius 2 is 1.92 bits per heavy atom. The molecule has 8 heteroatoms. The minimum Gasteiger partial charge on any atom is -0.357 e. The number of allylic oxidation sites excluding steroid dienone is 1. The Bertz CT molecular complexity index is 1370. The van der Waals surface area contributed by atoms with E-state index in [0.29, 0.717) is 28.6 Å². The summed E-state index contributed by atoms with van der Waals surface area (Å²) in [6, 6.07) is 16.9. The number of benzene rings is 2. The number of nitrogens with one attached hydrogen (secondary N) is 2. The molecule has 0 spiro atoms. The molecular formula is C29H29Cl2N3O2S. The second kappa shape index (κ2) is 10.5. The van der Waals surface area contributed by atoms with Gasteiger partial charge in [0.1, 0.15) is 0 Å². The average molecular weight is 555 g/mol. The van der Waals surface area contributed by atoms with Gasteiger partial charge in [0.25, 0.3) is 0 Å². The summed E-state index contributed by atoms with van der Waals surface area (Å²) in [4.78, 5) is 30.3. The third-order valence-corrected chi connectivity index (χ3v) is 8.53. The van der Waals surface area contributed by atoms with Crippen LogP contribution in [0.3, 0.4) is 0 Å². The highest BCUT2D eigenvalue weighted by Crippen LogP contribution is 2.48. The summed E-state index contributed by atoms with van der Waals surface area (Å²) >= 11 is 14.4. The number of amides is 1. The third-order valence-electron chi connectivity index (χ3n) is 6.85. The summed E-state index contributed by atoms with van der Waals surface area (Å²) in [5.41, 5.74) is 3.95. The van der Waals surface area contributed by atoms with Gasteiger partial charge in [0, 0.05) is 29.1 Å². The first-order chi connectivity index (χ1) is 17.7. The Hall–Kier alpha value is -2.80. The van der Waals surface area contributed by atoms with Crippen LogP contribution < -0.4 is 15.5 Å². The molecule has 192 valence electrons. The zero-order chi connectivity index (χ0) is 26.2. The van der Waals surface area contributed by atoms with E-state index < -0.39 is 6.04 Å². The average Bonchev–Trinajstić information content (AvgIpc) is 3.31. The lowest BCUT2D eigenvalue weighted by Gasteiger charge is -2.38. The predicted octanol–water partition coefficient (Wildman–Crippen LogP) is 7.03. The molecule has 1 unspecified atom stereocenters. The van der Waals surface area contributed by atoms with Crippen LogP contribution in [0.2, 0.25) is 10.0 Å². The molecule has 2 aliphatic rings. The molecule has 1 atom stereocenters. The smallest absolute Gasteiger partial charge is 0.239 e. The monoisotopic (exact) mass is 553 g/mol. The van der Waals surface area contributed by atoms with E-state index in [1.807, 2.05) is 52.7 Å². The second-order valence-electron chi connectivity index (χ2n) is 10.4. The lowest BCUT2D eigenvalue weighted by molar-refractivity contribution is -0.120. The SMILES string of the molecule is CC1(C)CC(=O)C2=C(C1)Nc1ccccc1N(CC(=O)NCCc1cccs1)C2c1ccc(Cl)c(Cl)c1. The highest BCUT2D eigenvalue weighted by molar-refractivity contribution is 7.09. The van der Waals surface area contributed by atoms with Crippen molar-refractivity contribution in [2.45, 2.75) is 39.2 Å². The molecule has 2 aromatic carbocycles. The molecule has 0 fully saturated rings. The molecule has 0 saturated heterocycles.